The van der Waals surface area contributed by atoms with Gasteiger partial charge in [0.2, 0.25) is 0 Å². The Kier molecular flexibility index (Phi) is 4.59. The fourth-order valence-electron chi connectivity index (χ4n) is 4.28. The lowest BCUT2D eigenvalue weighted by Crippen LogP contribution is -2.46. The summed E-state index contributed by atoms with van der Waals surface area (Å²) in [5.41, 5.74) is 4.38. The van der Waals surface area contributed by atoms with E-state index in [1.54, 1.807) is 0 Å². The maximum Gasteiger partial charge on any atom is 0.0805 e. The van der Waals surface area contributed by atoms with Crippen LogP contribution in [0, 0.1) is 0 Å². The summed E-state index contributed by atoms with van der Waals surface area (Å²) >= 11 is 0. The van der Waals surface area contributed by atoms with Crippen LogP contribution in [-0.4, -0.2) is 51.8 Å². The van der Waals surface area contributed by atoms with E-state index in [1.807, 2.05) is 0 Å². The number of piperazine rings is 1. The van der Waals surface area contributed by atoms with Crippen LogP contribution in [0.2, 0.25) is 0 Å². The topological polar surface area (TPSA) is 24.3 Å². The number of aryl methyl sites for hydroxylation is 1. The third kappa shape index (κ3) is 3.70. The molecule has 2 heterocycles. The predicted octanol–water partition coefficient (Wildman–Crippen LogP) is 3.30. The minimum Gasteiger partial charge on any atom is -0.298 e. The molecule has 0 N–H and O–H groups in total. The normalized spacial score (nSPS) is 21.5. The second kappa shape index (κ2) is 6.14. The quantitative estimate of drug-likeness (QED) is 0.849. The largest absolute Gasteiger partial charge is 0.298 e. The van der Waals surface area contributed by atoms with Gasteiger partial charge in [0.05, 0.1) is 5.69 Å². The van der Waals surface area contributed by atoms with Gasteiger partial charge in [-0.1, -0.05) is 41.5 Å². The van der Waals surface area contributed by atoms with Crippen molar-refractivity contribution in [3.8, 4) is 0 Å². The monoisotopic (exact) mass is 332 g/mol. The lowest BCUT2D eigenvalue weighted by molar-refractivity contribution is 0.120. The molecule has 0 amide bonds. The van der Waals surface area contributed by atoms with Crippen molar-refractivity contribution < 1.29 is 0 Å². The first-order valence-electron chi connectivity index (χ1n) is 9.60. The summed E-state index contributed by atoms with van der Waals surface area (Å²) in [5.74, 6) is 0. The van der Waals surface area contributed by atoms with Gasteiger partial charge in [0.25, 0.3) is 0 Å². The van der Waals surface area contributed by atoms with Crippen LogP contribution in [0.25, 0.3) is 0 Å². The number of rotatable bonds is 3. The van der Waals surface area contributed by atoms with Gasteiger partial charge in [-0.2, -0.15) is 5.10 Å². The van der Waals surface area contributed by atoms with Gasteiger partial charge in [0, 0.05) is 62.5 Å². The van der Waals surface area contributed by atoms with E-state index in [-0.39, 0.29) is 10.8 Å². The van der Waals surface area contributed by atoms with E-state index in [4.69, 9.17) is 5.10 Å². The molecule has 0 radical (unpaired) electrons. The van der Waals surface area contributed by atoms with Crippen LogP contribution in [-0.2, 0) is 24.4 Å². The van der Waals surface area contributed by atoms with Crippen molar-refractivity contribution in [1.82, 2.24) is 19.6 Å². The summed E-state index contributed by atoms with van der Waals surface area (Å²) in [6.07, 6.45) is 2.84. The fourth-order valence-corrected chi connectivity index (χ4v) is 4.28. The lowest BCUT2D eigenvalue weighted by Gasteiger charge is -2.35. The molecule has 0 bridgehead atoms. The van der Waals surface area contributed by atoms with Crippen LogP contribution in [0.5, 0.6) is 0 Å². The number of hydrogen-bond acceptors (Lipinski definition) is 3. The van der Waals surface area contributed by atoms with Gasteiger partial charge in [-0.05, 0) is 18.3 Å². The third-order valence-corrected chi connectivity index (χ3v) is 5.42. The van der Waals surface area contributed by atoms with E-state index >= 15 is 0 Å². The molecule has 4 heteroatoms. The molecular weight excluding hydrogens is 296 g/mol. The minimum atomic E-state index is 0.118. The second-order valence-electron chi connectivity index (χ2n) is 9.84. The Morgan fingerprint density at radius 2 is 1.50 bits per heavy atom. The smallest absolute Gasteiger partial charge is 0.0805 e. The van der Waals surface area contributed by atoms with Crippen molar-refractivity contribution in [2.45, 2.75) is 77.8 Å². The third-order valence-electron chi connectivity index (χ3n) is 5.42. The predicted molar refractivity (Wildman–Crippen MR) is 100 cm³/mol. The summed E-state index contributed by atoms with van der Waals surface area (Å²) in [6, 6.07) is 0.902. The second-order valence-corrected chi connectivity index (χ2v) is 9.84. The number of aromatic nitrogens is 2. The molecule has 3 rings (SSSR count). The Balaban J connectivity index is 1.80. The van der Waals surface area contributed by atoms with Gasteiger partial charge < -0.3 is 0 Å². The minimum absolute atomic E-state index is 0.118. The van der Waals surface area contributed by atoms with Gasteiger partial charge in [-0.3, -0.25) is 14.5 Å². The standard InChI is InChI=1S/C20H36N4/c1-19(2,3)17-16(21-22(7)18(17)20(4,5)6)14-23-10-12-24(13-11-23)15-8-9-15/h15H,8-14H2,1-7H3. The Bertz CT molecular complexity index is 576. The van der Waals surface area contributed by atoms with E-state index < -0.39 is 0 Å². The van der Waals surface area contributed by atoms with Gasteiger partial charge in [0.15, 0.2) is 0 Å². The Morgan fingerprint density at radius 1 is 0.917 bits per heavy atom. The fraction of sp³-hybridized carbons (Fsp3) is 0.850. The van der Waals surface area contributed by atoms with E-state index in [0.717, 1.165) is 12.6 Å². The summed E-state index contributed by atoms with van der Waals surface area (Å²) in [4.78, 5) is 5.28. The van der Waals surface area contributed by atoms with Crippen molar-refractivity contribution in [2.24, 2.45) is 7.05 Å². The van der Waals surface area contributed by atoms with E-state index in [0.29, 0.717) is 0 Å². The van der Waals surface area contributed by atoms with E-state index in [9.17, 15) is 0 Å². The molecular formula is C20H36N4. The average Bonchev–Trinajstić information content (AvgIpc) is 3.21. The number of nitrogens with zero attached hydrogens (tertiary/aromatic N) is 4. The van der Waals surface area contributed by atoms with E-state index in [1.165, 1.54) is 56.0 Å². The lowest BCUT2D eigenvalue weighted by atomic mass is 9.78. The Hall–Kier alpha value is -0.870. The molecule has 1 aliphatic heterocycles. The Labute approximate surface area is 148 Å². The van der Waals surface area contributed by atoms with Gasteiger partial charge in [-0.25, -0.2) is 0 Å². The van der Waals surface area contributed by atoms with Crippen molar-refractivity contribution in [1.29, 1.82) is 0 Å². The highest BCUT2D eigenvalue weighted by Crippen LogP contribution is 2.36. The maximum absolute atomic E-state index is 4.97. The molecule has 1 aliphatic carbocycles. The molecule has 1 saturated heterocycles. The zero-order chi connectivity index (χ0) is 17.7. The van der Waals surface area contributed by atoms with Crippen LogP contribution in [0.15, 0.2) is 0 Å². The molecule has 2 fully saturated rings. The molecule has 4 nitrogen and oxygen atoms in total. The van der Waals surface area contributed by atoms with Crippen molar-refractivity contribution >= 4 is 0 Å². The zero-order valence-electron chi connectivity index (χ0n) is 16.8. The molecule has 24 heavy (non-hydrogen) atoms. The van der Waals surface area contributed by atoms with Crippen molar-refractivity contribution in [3.05, 3.63) is 17.0 Å². The SMILES string of the molecule is Cn1nc(CN2CCN(C3CC3)CC2)c(C(C)(C)C)c1C(C)(C)C. The molecule has 0 atom stereocenters. The highest BCUT2D eigenvalue weighted by molar-refractivity contribution is 5.37. The summed E-state index contributed by atoms with van der Waals surface area (Å²) in [7, 11) is 2.12. The van der Waals surface area contributed by atoms with Crippen LogP contribution in [0.3, 0.4) is 0 Å². The first-order chi connectivity index (χ1) is 11.1. The van der Waals surface area contributed by atoms with Crippen LogP contribution < -0.4 is 0 Å². The number of hydrogen-bond donors (Lipinski definition) is 0. The van der Waals surface area contributed by atoms with Gasteiger partial charge in [0.1, 0.15) is 0 Å². The first kappa shape index (κ1) is 17.9. The Morgan fingerprint density at radius 3 is 1.96 bits per heavy atom. The van der Waals surface area contributed by atoms with Crippen LogP contribution >= 0.6 is 0 Å². The molecule has 1 aromatic rings. The van der Waals surface area contributed by atoms with E-state index in [2.05, 4.69) is 63.1 Å². The summed E-state index contributed by atoms with van der Waals surface area (Å²) < 4.78 is 2.14. The average molecular weight is 333 g/mol. The zero-order valence-corrected chi connectivity index (χ0v) is 16.8. The molecule has 2 aliphatic rings. The molecule has 0 unspecified atom stereocenters. The van der Waals surface area contributed by atoms with Gasteiger partial charge >= 0.3 is 0 Å². The van der Waals surface area contributed by atoms with Crippen molar-refractivity contribution in [3.63, 3.8) is 0 Å². The maximum atomic E-state index is 4.97. The highest BCUT2D eigenvalue weighted by atomic mass is 15.3. The molecule has 1 aromatic heterocycles. The molecule has 0 spiro atoms. The van der Waals surface area contributed by atoms with Crippen LogP contribution in [0.1, 0.15) is 71.3 Å². The molecule has 1 saturated carbocycles. The first-order valence-corrected chi connectivity index (χ1v) is 9.60. The highest BCUT2D eigenvalue weighted by Gasteiger charge is 2.34. The molecule has 0 aromatic carbocycles. The van der Waals surface area contributed by atoms with Crippen LogP contribution in [0.4, 0.5) is 0 Å². The molecule has 136 valence electrons. The van der Waals surface area contributed by atoms with Gasteiger partial charge in [-0.15, -0.1) is 0 Å². The summed E-state index contributed by atoms with van der Waals surface area (Å²) in [5, 5.41) is 4.97. The summed E-state index contributed by atoms with van der Waals surface area (Å²) in [6.45, 7) is 19.7. The van der Waals surface area contributed by atoms with Crippen molar-refractivity contribution in [2.75, 3.05) is 26.2 Å².